The molecule has 14 rings (SSSR count). The maximum absolute atomic E-state index is 11.8. The van der Waals surface area contributed by atoms with Gasteiger partial charge in [-0.05, 0) is 155 Å². The standard InChI is InChI=1S/C16H20O5.C13H18N2.C13H15N.C13H18O3S.C12H13N.C12H16O.C12H14O.C8H7N.C4H8Br2.2CH4.ClH/c1-11(17)14(13(18)15(19)21-16(2,3)4)20-10-12-8-6-5-7-9-12;14-12(15)10-13(8-4-5-9-13)11-6-2-1-3-7-11;14-11-10-13(8-4-5-9-13)12-6-2-1-3-7-12;1-17(14,15)16-11-13(9-5-6-10-13)12-7-3-2-4-8-12;3*13-10-12(8-4-5-9-12)11-6-2-1-3-7-11;9-7-6-8-4-2-1-3-5-8;5-3-1-2-4-6;;;/h5-9,18H,10H2,1-4H3;1-3,6-7H,4-5,8-10H2,(H3,14,15);1-3,6-7H,4-5,8-10H2;2-4,7-8H,5-6,9-11H2,1H3;1-3,6-7H,4-5,8-9H2;1-3,6-7,13H,4-5,8-10H2;1-3,6-7,10H,4-5,8-9H2;1-5H,6H2;1-4H2;2*1H4;1H/b14-13+;;;;;;;;;;;. The first-order chi connectivity index (χ1) is 58.3. The van der Waals surface area contributed by atoms with Crippen molar-refractivity contribution in [1.82, 2.24) is 0 Å². The number of amidine groups is 1. The maximum atomic E-state index is 11.8. The number of esters is 1. The Morgan fingerprint density at radius 1 is 0.500 bits per heavy atom. The Balaban J connectivity index is 0.000000364. The Morgan fingerprint density at radius 3 is 1.18 bits per heavy atom. The molecule has 8 aromatic rings. The van der Waals surface area contributed by atoms with Gasteiger partial charge in [-0.3, -0.25) is 14.4 Å². The Morgan fingerprint density at radius 2 is 0.831 bits per heavy atom. The number of nitrogens with one attached hydrogen (secondary N) is 1. The summed E-state index contributed by atoms with van der Waals surface area (Å²) in [4.78, 5) is 34.4. The van der Waals surface area contributed by atoms with Gasteiger partial charge < -0.3 is 30.2 Å². The molecule has 0 unspecified atom stereocenters. The summed E-state index contributed by atoms with van der Waals surface area (Å²) < 4.78 is 37.6. The number of alkyl halides is 2. The predicted molar refractivity (Wildman–Crippen MR) is 517 cm³/mol. The fourth-order valence-electron chi connectivity index (χ4n) is 17.1. The van der Waals surface area contributed by atoms with Crippen molar-refractivity contribution in [3.05, 3.63) is 299 Å². The molecule has 0 heterocycles. The third-order valence-electron chi connectivity index (χ3n) is 23.6. The van der Waals surface area contributed by atoms with Crippen LogP contribution in [0.15, 0.2) is 254 Å². The van der Waals surface area contributed by atoms with E-state index in [1.54, 1.807) is 20.8 Å². The van der Waals surface area contributed by atoms with E-state index in [1.807, 2.05) is 133 Å². The summed E-state index contributed by atoms with van der Waals surface area (Å²) in [6, 6.07) is 87.7. The first-order valence-corrected chi connectivity index (χ1v) is 47.1. The molecule has 6 fully saturated rings. The number of allylic oxidation sites excluding steroid dienone is 1. The molecular formula is C105H138Br2ClN5O10S. The Kier molecular flexibility index (Phi) is 50.7. The van der Waals surface area contributed by atoms with Crippen LogP contribution >= 0.6 is 44.3 Å². The van der Waals surface area contributed by atoms with Crippen LogP contribution in [0.4, 0.5) is 0 Å². The lowest BCUT2D eigenvalue weighted by Gasteiger charge is -2.29. The molecule has 124 heavy (non-hydrogen) atoms. The van der Waals surface area contributed by atoms with Gasteiger partial charge in [0, 0.05) is 52.1 Å². The van der Waals surface area contributed by atoms with Crippen molar-refractivity contribution in [2.45, 2.75) is 273 Å². The van der Waals surface area contributed by atoms with Gasteiger partial charge in [0.15, 0.2) is 5.78 Å². The first-order valence-electron chi connectivity index (χ1n) is 43.0. The monoisotopic (exact) mass is 1850 g/mol. The number of hydrogen-bond donors (Lipinski definition) is 4. The van der Waals surface area contributed by atoms with Crippen molar-refractivity contribution in [3.8, 4) is 18.2 Å². The summed E-state index contributed by atoms with van der Waals surface area (Å²) in [5, 5.41) is 55.5. The lowest BCUT2D eigenvalue weighted by Crippen LogP contribution is -2.29. The highest BCUT2D eigenvalue weighted by molar-refractivity contribution is 9.09. The predicted octanol–water partition coefficient (Wildman–Crippen LogP) is 25.8. The molecule has 0 aliphatic heterocycles. The Labute approximate surface area is 766 Å². The van der Waals surface area contributed by atoms with Crippen molar-refractivity contribution >= 4 is 78.3 Å². The molecule has 0 aromatic heterocycles. The lowest BCUT2D eigenvalue weighted by molar-refractivity contribution is -0.154. The van der Waals surface area contributed by atoms with Crippen LogP contribution in [0, 0.1) is 39.4 Å². The van der Waals surface area contributed by atoms with E-state index in [1.165, 1.54) is 143 Å². The van der Waals surface area contributed by atoms with Gasteiger partial charge >= 0.3 is 5.97 Å². The number of aldehydes is 1. The van der Waals surface area contributed by atoms with Crippen LogP contribution in [0.3, 0.4) is 0 Å². The van der Waals surface area contributed by atoms with Crippen LogP contribution in [0.5, 0.6) is 0 Å². The highest BCUT2D eigenvalue weighted by Gasteiger charge is 2.41. The second-order valence-corrected chi connectivity index (χ2v) is 36.8. The average molecular weight is 1860 g/mol. The normalized spacial score (nSPS) is 16.5. The Bertz CT molecular complexity index is 4560. The van der Waals surface area contributed by atoms with E-state index in [0.717, 1.165) is 105 Å². The molecule has 6 aliphatic rings. The fourth-order valence-corrected chi connectivity index (χ4v) is 18.3. The van der Waals surface area contributed by atoms with E-state index in [2.05, 4.69) is 159 Å². The van der Waals surface area contributed by atoms with E-state index >= 15 is 0 Å². The number of unbranched alkanes of at least 4 members (excludes halogenated alkanes) is 1. The number of aliphatic hydroxyl groups excluding tert-OH is 2. The fraction of sp³-hybridized carbons (Fsp3) is 0.457. The number of aliphatic hydroxyl groups is 2. The van der Waals surface area contributed by atoms with Crippen LogP contribution < -0.4 is 5.73 Å². The zero-order chi connectivity index (χ0) is 87.8. The Hall–Kier alpha value is -9.03. The van der Waals surface area contributed by atoms with Crippen molar-refractivity contribution in [1.29, 1.82) is 21.2 Å². The van der Waals surface area contributed by atoms with E-state index < -0.39 is 39.0 Å². The highest BCUT2D eigenvalue weighted by Crippen LogP contribution is 2.47. The lowest BCUT2D eigenvalue weighted by atomic mass is 9.76. The molecule has 15 nitrogen and oxygen atoms in total. The molecular weight excluding hydrogens is 1720 g/mol. The third kappa shape index (κ3) is 36.1. The number of hydrogen-bond acceptors (Lipinski definition) is 14. The van der Waals surface area contributed by atoms with Gasteiger partial charge in [0.2, 0.25) is 11.5 Å². The van der Waals surface area contributed by atoms with Crippen molar-refractivity contribution in [2.24, 2.45) is 5.73 Å². The van der Waals surface area contributed by atoms with Gasteiger partial charge in [0.25, 0.3) is 10.1 Å². The minimum atomic E-state index is -3.36. The van der Waals surface area contributed by atoms with Crippen LogP contribution in [0.2, 0.25) is 0 Å². The number of carbonyl (C=O) groups excluding carboxylic acids is 3. The third-order valence-corrected chi connectivity index (χ3v) is 25.3. The quantitative estimate of drug-likeness (QED) is 0.00534. The zero-order valence-electron chi connectivity index (χ0n) is 72.4. The largest absolute Gasteiger partial charge is 0.499 e. The molecule has 6 aliphatic carbocycles. The topological polar surface area (TPSA) is 275 Å². The molecule has 19 heteroatoms. The summed E-state index contributed by atoms with van der Waals surface area (Å²) >= 11 is 6.66. The maximum Gasteiger partial charge on any atom is 0.378 e. The molecule has 8 aromatic carbocycles. The van der Waals surface area contributed by atoms with Gasteiger partial charge in [-0.1, -0.05) is 366 Å². The van der Waals surface area contributed by atoms with Crippen molar-refractivity contribution in [3.63, 3.8) is 0 Å². The van der Waals surface area contributed by atoms with Gasteiger partial charge in [-0.2, -0.15) is 24.2 Å². The van der Waals surface area contributed by atoms with E-state index in [-0.39, 0.29) is 73.0 Å². The molecule has 0 spiro atoms. The summed E-state index contributed by atoms with van der Waals surface area (Å²) in [7, 11) is -3.36. The van der Waals surface area contributed by atoms with Crippen LogP contribution in [-0.4, -0.2) is 78.2 Å². The number of halogens is 3. The van der Waals surface area contributed by atoms with Gasteiger partial charge in [0.1, 0.15) is 18.5 Å². The van der Waals surface area contributed by atoms with Crippen LogP contribution in [0.25, 0.3) is 0 Å². The first kappa shape index (κ1) is 109. The zero-order valence-corrected chi connectivity index (χ0v) is 77.2. The average Bonchev–Trinajstić information content (AvgIpc) is 1.67. The smallest absolute Gasteiger partial charge is 0.378 e. The number of nitrogens with two attached hydrogens (primary N) is 1. The molecule has 5 N–H and O–H groups in total. The molecule has 0 atom stereocenters. The number of ether oxygens (including phenoxy) is 2. The number of nitrogens with zero attached hydrogens (tertiary/aromatic N) is 3. The highest BCUT2D eigenvalue weighted by atomic mass is 79.9. The molecule has 0 saturated heterocycles. The molecule has 6 saturated carbocycles. The second-order valence-electron chi connectivity index (χ2n) is 33.6. The van der Waals surface area contributed by atoms with Crippen LogP contribution in [0.1, 0.15) is 267 Å². The summed E-state index contributed by atoms with van der Waals surface area (Å²) in [6.07, 6.45) is 34.5. The summed E-state index contributed by atoms with van der Waals surface area (Å²) in [6.45, 7) is 6.85. The van der Waals surface area contributed by atoms with E-state index in [9.17, 15) is 38.3 Å². The molecule has 0 bridgehead atoms. The second kappa shape index (κ2) is 57.6. The molecule has 0 radical (unpaired) electrons. The van der Waals surface area contributed by atoms with E-state index in [4.69, 9.17) is 35.3 Å². The number of nitriles is 3. The summed E-state index contributed by atoms with van der Waals surface area (Å²) in [5.41, 5.74) is 14.3. The number of benzene rings is 8. The van der Waals surface area contributed by atoms with Crippen LogP contribution in [-0.2, 0) is 83.7 Å². The van der Waals surface area contributed by atoms with Gasteiger partial charge in [-0.25, -0.2) is 4.79 Å². The number of rotatable bonds is 23. The molecule has 670 valence electrons. The van der Waals surface area contributed by atoms with Crippen molar-refractivity contribution < 1.29 is 46.7 Å². The SMILES string of the molecule is BrCCCCBr.C.C.CC(=O)/C(OCc1ccccc1)=C(\O)C(=O)OC(C)(C)C.CS(=O)(=O)OCC1(c2ccccc2)CCCC1.Cl.N#CC1(c2ccccc2)CCCC1.N#CCC1(c2ccccc2)CCCC1.N#CCc1ccccc1.N=C(N)CC1(c2ccccc2)CCCC1.O=CC1(c2ccccc2)CCCC1.OCC1(c2ccccc2)CCCC1. The minimum Gasteiger partial charge on any atom is -0.499 e. The number of Topliss-reactive ketones (excluding diaryl/α,β-unsaturated/α-hetero) is 1. The van der Waals surface area contributed by atoms with Gasteiger partial charge in [-0.15, -0.1) is 12.4 Å². The van der Waals surface area contributed by atoms with Gasteiger partial charge in [0.05, 0.1) is 60.8 Å². The molecule has 0 amide bonds. The van der Waals surface area contributed by atoms with E-state index in [0.29, 0.717) is 25.3 Å². The van der Waals surface area contributed by atoms with Crippen molar-refractivity contribution in [2.75, 3.05) is 30.1 Å². The minimum absolute atomic E-state index is 0. The number of ketones is 1. The number of carbonyl (C=O) groups is 3. The summed E-state index contributed by atoms with van der Waals surface area (Å²) in [5.74, 6) is -2.42.